The zero-order chi connectivity index (χ0) is 22.0. The number of aryl methyl sites for hydroxylation is 1. The van der Waals surface area contributed by atoms with Crippen LogP contribution in [0.15, 0.2) is 69.4 Å². The highest BCUT2D eigenvalue weighted by molar-refractivity contribution is 8.00. The van der Waals surface area contributed by atoms with Crippen LogP contribution in [0, 0.1) is 0 Å². The highest BCUT2D eigenvalue weighted by Crippen LogP contribution is 2.31. The Hall–Kier alpha value is -2.72. The molecule has 0 aliphatic carbocycles. The lowest BCUT2D eigenvalue weighted by molar-refractivity contribution is -0.137. The van der Waals surface area contributed by atoms with Crippen LogP contribution in [0.2, 0.25) is 0 Å². The molecule has 2 heterocycles. The highest BCUT2D eigenvalue weighted by atomic mass is 32.2. The largest absolute Gasteiger partial charge is 0.416 e. The average molecular weight is 464 g/mol. The molecule has 10 heteroatoms. The van der Waals surface area contributed by atoms with Crippen LogP contribution in [-0.2, 0) is 17.4 Å². The maximum atomic E-state index is 13.0. The van der Waals surface area contributed by atoms with Gasteiger partial charge in [0.15, 0.2) is 5.16 Å². The molecule has 0 radical (unpaired) electrons. The number of alkyl halides is 3. The molecule has 3 aromatic rings. The number of halogens is 3. The van der Waals surface area contributed by atoms with E-state index in [0.29, 0.717) is 27.9 Å². The number of thioether (sulfide) groups is 2. The minimum atomic E-state index is -4.49. The number of benzene rings is 2. The van der Waals surface area contributed by atoms with Crippen molar-refractivity contribution in [2.45, 2.75) is 22.6 Å². The third-order valence-electron chi connectivity index (χ3n) is 4.49. The highest BCUT2D eigenvalue weighted by Gasteiger charge is 2.30. The number of fused-ring (bicyclic) bond motifs is 1. The number of hydrogen-bond donors (Lipinski definition) is 1. The summed E-state index contributed by atoms with van der Waals surface area (Å²) in [5.41, 5.74) is 0.381. The zero-order valence-electron chi connectivity index (χ0n) is 16.0. The summed E-state index contributed by atoms with van der Waals surface area (Å²) in [6, 6.07) is 13.4. The Balaban J connectivity index is 1.56. The first kappa shape index (κ1) is 21.5. The van der Waals surface area contributed by atoms with Crippen LogP contribution in [0.3, 0.4) is 0 Å². The fraction of sp³-hybridized carbons (Fsp3) is 0.190. The third-order valence-corrected chi connectivity index (χ3v) is 6.53. The van der Waals surface area contributed by atoms with Gasteiger partial charge in [-0.05, 0) is 30.3 Å². The molecule has 5 nitrogen and oxygen atoms in total. The minimum absolute atomic E-state index is 0.0548. The average Bonchev–Trinajstić information content (AvgIpc) is 3.21. The van der Waals surface area contributed by atoms with E-state index in [9.17, 15) is 22.8 Å². The van der Waals surface area contributed by atoms with Gasteiger partial charge >= 0.3 is 6.18 Å². The van der Waals surface area contributed by atoms with E-state index in [1.807, 2.05) is 6.07 Å². The van der Waals surface area contributed by atoms with Gasteiger partial charge in [-0.15, -0.1) is 11.8 Å². The van der Waals surface area contributed by atoms with E-state index < -0.39 is 17.6 Å². The molecule has 160 valence electrons. The number of rotatable bonds is 5. The maximum Gasteiger partial charge on any atom is 0.416 e. The number of para-hydroxylation sites is 1. The molecular formula is C21H16F3N3O2S2. The van der Waals surface area contributed by atoms with E-state index in [1.54, 1.807) is 24.3 Å². The van der Waals surface area contributed by atoms with Crippen molar-refractivity contribution in [3.8, 4) is 5.69 Å². The zero-order valence-corrected chi connectivity index (χ0v) is 17.6. The Kier molecular flexibility index (Phi) is 6.10. The Morgan fingerprint density at radius 2 is 1.94 bits per heavy atom. The summed E-state index contributed by atoms with van der Waals surface area (Å²) >= 11 is 2.53. The van der Waals surface area contributed by atoms with Crippen molar-refractivity contribution in [1.82, 2.24) is 9.55 Å². The van der Waals surface area contributed by atoms with Gasteiger partial charge in [-0.2, -0.15) is 13.2 Å². The van der Waals surface area contributed by atoms with Crippen molar-refractivity contribution in [3.63, 3.8) is 0 Å². The predicted molar refractivity (Wildman–Crippen MR) is 115 cm³/mol. The number of nitrogens with one attached hydrogen (secondary N) is 1. The molecule has 2 aromatic carbocycles. The van der Waals surface area contributed by atoms with E-state index in [2.05, 4.69) is 10.3 Å². The van der Waals surface area contributed by atoms with Gasteiger partial charge in [0.2, 0.25) is 5.91 Å². The lowest BCUT2D eigenvalue weighted by Crippen LogP contribution is -2.24. The van der Waals surface area contributed by atoms with E-state index in [1.165, 1.54) is 28.5 Å². The maximum absolute atomic E-state index is 13.0. The Labute approximate surface area is 184 Å². The van der Waals surface area contributed by atoms with Crippen LogP contribution >= 0.6 is 23.5 Å². The summed E-state index contributed by atoms with van der Waals surface area (Å²) in [6.45, 7) is 0. The molecular weight excluding hydrogens is 447 g/mol. The Bertz CT molecular complexity index is 1180. The van der Waals surface area contributed by atoms with Gasteiger partial charge in [0.1, 0.15) is 0 Å². The number of hydrogen-bond acceptors (Lipinski definition) is 5. The van der Waals surface area contributed by atoms with Crippen LogP contribution < -0.4 is 10.9 Å². The molecule has 1 aliphatic rings. The SMILES string of the molecule is O=C(CSc1nc2c(c(=O)n1-c1ccccc1)SCC2)Nc1cccc(C(F)(F)F)c1. The molecule has 0 atom stereocenters. The molecule has 0 bridgehead atoms. The van der Waals surface area contributed by atoms with E-state index in [0.717, 1.165) is 29.6 Å². The van der Waals surface area contributed by atoms with E-state index in [4.69, 9.17) is 0 Å². The molecule has 1 amide bonds. The third kappa shape index (κ3) is 4.80. The lowest BCUT2D eigenvalue weighted by atomic mass is 10.2. The Morgan fingerprint density at radius 1 is 1.16 bits per heavy atom. The summed E-state index contributed by atoms with van der Waals surface area (Å²) in [4.78, 5) is 30.6. The molecule has 1 aromatic heterocycles. The molecule has 0 saturated heterocycles. The molecule has 1 N–H and O–H groups in total. The van der Waals surface area contributed by atoms with Gasteiger partial charge in [-0.1, -0.05) is 36.0 Å². The van der Waals surface area contributed by atoms with Crippen LogP contribution in [0.25, 0.3) is 5.69 Å². The first-order valence-electron chi connectivity index (χ1n) is 9.27. The monoisotopic (exact) mass is 463 g/mol. The van der Waals surface area contributed by atoms with Crippen molar-refractivity contribution in [2.75, 3.05) is 16.8 Å². The van der Waals surface area contributed by atoms with Gasteiger partial charge in [0, 0.05) is 17.9 Å². The second kappa shape index (κ2) is 8.80. The van der Waals surface area contributed by atoms with Crippen LogP contribution in [0.1, 0.15) is 11.3 Å². The summed E-state index contributed by atoms with van der Waals surface area (Å²) in [5, 5.41) is 2.84. The van der Waals surface area contributed by atoms with Gasteiger partial charge in [-0.3, -0.25) is 14.2 Å². The number of amides is 1. The predicted octanol–water partition coefficient (Wildman–Crippen LogP) is 4.63. The number of aromatic nitrogens is 2. The van der Waals surface area contributed by atoms with Gasteiger partial charge in [-0.25, -0.2) is 4.98 Å². The van der Waals surface area contributed by atoms with Crippen molar-refractivity contribution in [3.05, 3.63) is 76.2 Å². The van der Waals surface area contributed by atoms with Crippen molar-refractivity contribution >= 4 is 35.1 Å². The summed E-state index contributed by atoms with van der Waals surface area (Å²) in [6.07, 6.45) is -3.82. The molecule has 0 unspecified atom stereocenters. The first-order chi connectivity index (χ1) is 14.8. The van der Waals surface area contributed by atoms with Crippen LogP contribution in [-0.4, -0.2) is 27.0 Å². The minimum Gasteiger partial charge on any atom is -0.325 e. The summed E-state index contributed by atoms with van der Waals surface area (Å²) in [7, 11) is 0. The molecule has 0 spiro atoms. The quantitative estimate of drug-likeness (QED) is 0.442. The van der Waals surface area contributed by atoms with Crippen molar-refractivity contribution < 1.29 is 18.0 Å². The molecule has 4 rings (SSSR count). The normalized spacial score (nSPS) is 13.1. The first-order valence-corrected chi connectivity index (χ1v) is 11.2. The summed E-state index contributed by atoms with van der Waals surface area (Å²) < 4.78 is 40.1. The molecule has 31 heavy (non-hydrogen) atoms. The van der Waals surface area contributed by atoms with Crippen LogP contribution in [0.4, 0.5) is 18.9 Å². The number of nitrogens with zero attached hydrogens (tertiary/aromatic N) is 2. The number of carbonyl (C=O) groups is 1. The van der Waals surface area contributed by atoms with Gasteiger partial charge < -0.3 is 5.32 Å². The second-order valence-electron chi connectivity index (χ2n) is 6.66. The molecule has 0 saturated carbocycles. The van der Waals surface area contributed by atoms with Crippen molar-refractivity contribution in [1.29, 1.82) is 0 Å². The molecule has 0 fully saturated rings. The van der Waals surface area contributed by atoms with E-state index >= 15 is 0 Å². The second-order valence-corrected chi connectivity index (χ2v) is 8.71. The lowest BCUT2D eigenvalue weighted by Gasteiger charge is -2.14. The topological polar surface area (TPSA) is 64.0 Å². The molecule has 1 aliphatic heterocycles. The number of carbonyl (C=O) groups excluding carboxylic acids is 1. The number of anilines is 1. The van der Waals surface area contributed by atoms with Gasteiger partial charge in [0.05, 0.1) is 27.6 Å². The van der Waals surface area contributed by atoms with Crippen LogP contribution in [0.5, 0.6) is 0 Å². The smallest absolute Gasteiger partial charge is 0.325 e. The van der Waals surface area contributed by atoms with Gasteiger partial charge in [0.25, 0.3) is 5.56 Å². The van der Waals surface area contributed by atoms with Crippen molar-refractivity contribution in [2.24, 2.45) is 0 Å². The Morgan fingerprint density at radius 3 is 2.68 bits per heavy atom. The standard InChI is InChI=1S/C21H16F3N3O2S2/c22-21(23,24)13-5-4-6-14(11-13)25-17(28)12-31-20-26-16-9-10-30-18(16)19(29)27(20)15-7-2-1-3-8-15/h1-8,11H,9-10,12H2,(H,25,28). The fourth-order valence-corrected chi connectivity index (χ4v) is 4.95. The fourth-order valence-electron chi connectivity index (χ4n) is 3.09. The van der Waals surface area contributed by atoms with E-state index in [-0.39, 0.29) is 17.0 Å². The summed E-state index contributed by atoms with van der Waals surface area (Å²) in [5.74, 6) is 0.172.